The molecule has 116 valence electrons. The summed E-state index contributed by atoms with van der Waals surface area (Å²) in [7, 11) is 1.65. The number of nitrogens with zero attached hydrogens (tertiary/aromatic N) is 1. The van der Waals surface area contributed by atoms with Crippen LogP contribution in [0.2, 0.25) is 0 Å². The van der Waals surface area contributed by atoms with Gasteiger partial charge in [0.15, 0.2) is 0 Å². The number of ether oxygens (including phenoxy) is 1. The summed E-state index contributed by atoms with van der Waals surface area (Å²) in [5.41, 5.74) is 1.16. The lowest BCUT2D eigenvalue weighted by atomic mass is 9.95. The Kier molecular flexibility index (Phi) is 6.05. The zero-order valence-corrected chi connectivity index (χ0v) is 12.8. The first-order chi connectivity index (χ1) is 10.2. The Morgan fingerprint density at radius 3 is 2.81 bits per heavy atom. The van der Waals surface area contributed by atoms with E-state index >= 15 is 0 Å². The Labute approximate surface area is 126 Å². The molecule has 1 fully saturated rings. The fourth-order valence-corrected chi connectivity index (χ4v) is 2.91. The van der Waals surface area contributed by atoms with Crippen LogP contribution in [-0.2, 0) is 11.2 Å². The fraction of sp³-hybridized carbons (Fsp3) is 0.588. The molecule has 4 heteroatoms. The molecular weight excluding hydrogens is 266 g/mol. The van der Waals surface area contributed by atoms with Gasteiger partial charge in [-0.25, -0.2) is 0 Å². The number of amides is 1. The Bertz CT molecular complexity index is 442. The molecule has 1 aliphatic rings. The normalized spacial score (nSPS) is 18.6. The maximum absolute atomic E-state index is 12.3. The SMILES string of the molecule is COc1ccc(CCC(=O)N2CCCC(CCO)C2)cc1. The van der Waals surface area contributed by atoms with E-state index in [4.69, 9.17) is 9.84 Å². The van der Waals surface area contributed by atoms with Gasteiger partial charge in [-0.05, 0) is 49.3 Å². The molecule has 21 heavy (non-hydrogen) atoms. The van der Waals surface area contributed by atoms with E-state index in [1.165, 1.54) is 0 Å². The van der Waals surface area contributed by atoms with Gasteiger partial charge >= 0.3 is 0 Å². The van der Waals surface area contributed by atoms with Crippen LogP contribution in [0.15, 0.2) is 24.3 Å². The Hall–Kier alpha value is -1.55. The number of hydrogen-bond acceptors (Lipinski definition) is 3. The molecule has 1 heterocycles. The van der Waals surface area contributed by atoms with Crippen molar-refractivity contribution in [3.05, 3.63) is 29.8 Å². The summed E-state index contributed by atoms with van der Waals surface area (Å²) < 4.78 is 5.13. The van der Waals surface area contributed by atoms with Crippen molar-refractivity contribution in [3.8, 4) is 5.75 Å². The maximum Gasteiger partial charge on any atom is 0.222 e. The van der Waals surface area contributed by atoms with Crippen molar-refractivity contribution in [1.29, 1.82) is 0 Å². The van der Waals surface area contributed by atoms with E-state index < -0.39 is 0 Å². The largest absolute Gasteiger partial charge is 0.497 e. The van der Waals surface area contributed by atoms with Crippen molar-refractivity contribution >= 4 is 5.91 Å². The maximum atomic E-state index is 12.3. The fourth-order valence-electron chi connectivity index (χ4n) is 2.91. The molecule has 1 N–H and O–H groups in total. The second-order valence-electron chi connectivity index (χ2n) is 5.71. The van der Waals surface area contributed by atoms with Gasteiger partial charge < -0.3 is 14.7 Å². The van der Waals surface area contributed by atoms with Crippen molar-refractivity contribution in [3.63, 3.8) is 0 Å². The standard InChI is InChI=1S/C17H25NO3/c1-21-16-7-4-14(5-8-16)6-9-17(20)18-11-2-3-15(13-18)10-12-19/h4-5,7-8,15,19H,2-3,6,9-13H2,1H3. The number of likely N-dealkylation sites (tertiary alicyclic amines) is 1. The van der Waals surface area contributed by atoms with Gasteiger partial charge in [-0.2, -0.15) is 0 Å². The molecular formula is C17H25NO3. The van der Waals surface area contributed by atoms with E-state index in [-0.39, 0.29) is 12.5 Å². The number of piperidine rings is 1. The van der Waals surface area contributed by atoms with Crippen LogP contribution < -0.4 is 4.74 Å². The molecule has 2 rings (SSSR count). The second-order valence-corrected chi connectivity index (χ2v) is 5.71. The summed E-state index contributed by atoms with van der Waals surface area (Å²) >= 11 is 0. The van der Waals surface area contributed by atoms with Gasteiger partial charge in [0.25, 0.3) is 0 Å². The third-order valence-corrected chi connectivity index (χ3v) is 4.20. The zero-order chi connectivity index (χ0) is 15.1. The average Bonchev–Trinajstić information content (AvgIpc) is 2.53. The molecule has 1 amide bonds. The zero-order valence-electron chi connectivity index (χ0n) is 12.8. The van der Waals surface area contributed by atoms with Crippen LogP contribution in [0.1, 0.15) is 31.2 Å². The van der Waals surface area contributed by atoms with Crippen LogP contribution in [0.25, 0.3) is 0 Å². The smallest absolute Gasteiger partial charge is 0.222 e. The summed E-state index contributed by atoms with van der Waals surface area (Å²) in [5, 5.41) is 9.02. The molecule has 1 unspecified atom stereocenters. The Morgan fingerprint density at radius 2 is 2.14 bits per heavy atom. The number of aliphatic hydroxyl groups is 1. The van der Waals surface area contributed by atoms with E-state index in [0.29, 0.717) is 12.3 Å². The monoisotopic (exact) mass is 291 g/mol. The van der Waals surface area contributed by atoms with Crippen LogP contribution in [-0.4, -0.2) is 42.7 Å². The third-order valence-electron chi connectivity index (χ3n) is 4.20. The van der Waals surface area contributed by atoms with E-state index in [0.717, 1.165) is 50.1 Å². The third kappa shape index (κ3) is 4.74. The van der Waals surface area contributed by atoms with Crippen LogP contribution >= 0.6 is 0 Å². The molecule has 0 aliphatic carbocycles. The highest BCUT2D eigenvalue weighted by atomic mass is 16.5. The lowest BCUT2D eigenvalue weighted by molar-refractivity contribution is -0.133. The van der Waals surface area contributed by atoms with Crippen LogP contribution in [0.3, 0.4) is 0 Å². The van der Waals surface area contributed by atoms with Gasteiger partial charge in [0.1, 0.15) is 5.75 Å². The average molecular weight is 291 g/mol. The summed E-state index contributed by atoms with van der Waals surface area (Å²) in [5.74, 6) is 1.54. The number of methoxy groups -OCH3 is 1. The number of benzene rings is 1. The first kappa shape index (κ1) is 15.8. The quantitative estimate of drug-likeness (QED) is 0.874. The number of aliphatic hydroxyl groups excluding tert-OH is 1. The molecule has 0 spiro atoms. The molecule has 1 atom stereocenters. The minimum atomic E-state index is 0.221. The summed E-state index contributed by atoms with van der Waals surface area (Å²) in [4.78, 5) is 14.2. The topological polar surface area (TPSA) is 49.8 Å². The lowest BCUT2D eigenvalue weighted by Crippen LogP contribution is -2.40. The first-order valence-electron chi connectivity index (χ1n) is 7.74. The molecule has 1 aromatic rings. The summed E-state index contributed by atoms with van der Waals surface area (Å²) in [6, 6.07) is 7.88. The number of rotatable bonds is 6. The summed E-state index contributed by atoms with van der Waals surface area (Å²) in [6.07, 6.45) is 4.31. The van der Waals surface area contributed by atoms with Gasteiger partial charge in [0.2, 0.25) is 5.91 Å². The first-order valence-corrected chi connectivity index (χ1v) is 7.74. The molecule has 0 radical (unpaired) electrons. The molecule has 1 saturated heterocycles. The van der Waals surface area contributed by atoms with Crippen molar-refractivity contribution < 1.29 is 14.6 Å². The Balaban J connectivity index is 1.80. The highest BCUT2D eigenvalue weighted by molar-refractivity contribution is 5.76. The van der Waals surface area contributed by atoms with Crippen LogP contribution in [0.5, 0.6) is 5.75 Å². The minimum Gasteiger partial charge on any atom is -0.497 e. The second kappa shape index (κ2) is 8.03. The van der Waals surface area contributed by atoms with Crippen LogP contribution in [0, 0.1) is 5.92 Å². The number of carbonyl (C=O) groups excluding carboxylic acids is 1. The molecule has 1 aromatic carbocycles. The van der Waals surface area contributed by atoms with Gasteiger partial charge in [-0.3, -0.25) is 4.79 Å². The predicted molar refractivity (Wildman–Crippen MR) is 82.3 cm³/mol. The predicted octanol–water partition coefficient (Wildman–Crippen LogP) is 2.25. The lowest BCUT2D eigenvalue weighted by Gasteiger charge is -2.32. The number of aryl methyl sites for hydroxylation is 1. The van der Waals surface area contributed by atoms with E-state index in [1.54, 1.807) is 7.11 Å². The van der Waals surface area contributed by atoms with E-state index in [1.807, 2.05) is 29.2 Å². The van der Waals surface area contributed by atoms with Crippen molar-refractivity contribution in [2.45, 2.75) is 32.1 Å². The van der Waals surface area contributed by atoms with Gasteiger partial charge in [0, 0.05) is 26.1 Å². The molecule has 0 saturated carbocycles. The molecule has 1 aliphatic heterocycles. The Morgan fingerprint density at radius 1 is 1.38 bits per heavy atom. The van der Waals surface area contributed by atoms with Crippen LogP contribution in [0.4, 0.5) is 0 Å². The molecule has 0 bridgehead atoms. The van der Waals surface area contributed by atoms with Gasteiger partial charge in [0.05, 0.1) is 7.11 Å². The number of carbonyl (C=O) groups is 1. The summed E-state index contributed by atoms with van der Waals surface area (Å²) in [6.45, 7) is 1.89. The van der Waals surface area contributed by atoms with Gasteiger partial charge in [-0.1, -0.05) is 12.1 Å². The highest BCUT2D eigenvalue weighted by Gasteiger charge is 2.22. The molecule has 0 aromatic heterocycles. The highest BCUT2D eigenvalue weighted by Crippen LogP contribution is 2.20. The van der Waals surface area contributed by atoms with Crippen molar-refractivity contribution in [2.75, 3.05) is 26.8 Å². The van der Waals surface area contributed by atoms with Crippen molar-refractivity contribution in [2.24, 2.45) is 5.92 Å². The molecule has 4 nitrogen and oxygen atoms in total. The van der Waals surface area contributed by atoms with E-state index in [9.17, 15) is 4.79 Å². The van der Waals surface area contributed by atoms with Gasteiger partial charge in [-0.15, -0.1) is 0 Å². The van der Waals surface area contributed by atoms with Crippen molar-refractivity contribution in [1.82, 2.24) is 4.90 Å². The van der Waals surface area contributed by atoms with E-state index in [2.05, 4.69) is 0 Å². The minimum absolute atomic E-state index is 0.221. The number of hydrogen-bond donors (Lipinski definition) is 1.